The molecule has 168 valence electrons. The lowest BCUT2D eigenvalue weighted by molar-refractivity contribution is -0.138. The first-order chi connectivity index (χ1) is 14.8. The monoisotopic (exact) mass is 467 g/mol. The van der Waals surface area contributed by atoms with Crippen molar-refractivity contribution in [2.75, 3.05) is 18.1 Å². The number of para-hydroxylation sites is 1. The molecular weight excluding hydrogens is 442 g/mol. The third-order valence-electron chi connectivity index (χ3n) is 4.50. The second-order valence-corrected chi connectivity index (χ2v) is 7.50. The van der Waals surface area contributed by atoms with Gasteiger partial charge in [-0.15, -0.1) is 0 Å². The Hall–Kier alpha value is -2.70. The summed E-state index contributed by atoms with van der Waals surface area (Å²) in [6.07, 6.45) is 2.04. The van der Waals surface area contributed by atoms with Crippen LogP contribution in [0.5, 0.6) is 0 Å². The fraction of sp³-hybridized carbons (Fsp3) is 0.368. The second kappa shape index (κ2) is 11.6. The van der Waals surface area contributed by atoms with Crippen LogP contribution in [-0.4, -0.2) is 70.0 Å². The van der Waals surface area contributed by atoms with E-state index in [1.165, 1.54) is 0 Å². The number of carbonyl (C=O) groups excluding carboxylic acids is 3. The minimum atomic E-state index is -1.22. The van der Waals surface area contributed by atoms with Crippen LogP contribution >= 0.6 is 25.3 Å². The number of aromatic amines is 1. The summed E-state index contributed by atoms with van der Waals surface area (Å²) >= 11 is 8.09. The van der Waals surface area contributed by atoms with Crippen molar-refractivity contribution in [2.45, 2.75) is 24.5 Å². The van der Waals surface area contributed by atoms with Crippen molar-refractivity contribution in [1.82, 2.24) is 20.9 Å². The lowest BCUT2D eigenvalue weighted by atomic mass is 10.0. The Balaban J connectivity index is 1.95. The highest BCUT2D eigenvalue weighted by atomic mass is 32.1. The lowest BCUT2D eigenvalue weighted by Crippen LogP contribution is -2.57. The van der Waals surface area contributed by atoms with Gasteiger partial charge in [0, 0.05) is 28.6 Å². The second-order valence-electron chi connectivity index (χ2n) is 6.77. The Morgan fingerprint density at radius 3 is 2.26 bits per heavy atom. The predicted octanol–water partition coefficient (Wildman–Crippen LogP) is -0.932. The molecule has 1 aromatic carbocycles. The van der Waals surface area contributed by atoms with Crippen LogP contribution in [0.15, 0.2) is 30.5 Å². The molecule has 0 spiro atoms. The molecule has 3 amide bonds. The summed E-state index contributed by atoms with van der Waals surface area (Å²) in [6.45, 7) is -0.589. The van der Waals surface area contributed by atoms with E-state index in [0.717, 1.165) is 16.5 Å². The first-order valence-corrected chi connectivity index (χ1v) is 10.7. The van der Waals surface area contributed by atoms with Gasteiger partial charge in [-0.25, -0.2) is 0 Å². The molecule has 7 N–H and O–H groups in total. The summed E-state index contributed by atoms with van der Waals surface area (Å²) in [4.78, 5) is 50.7. The van der Waals surface area contributed by atoms with E-state index in [-0.39, 0.29) is 17.9 Å². The van der Waals surface area contributed by atoms with Crippen molar-refractivity contribution >= 4 is 59.9 Å². The van der Waals surface area contributed by atoms with Crippen molar-refractivity contribution in [3.8, 4) is 0 Å². The molecule has 3 atom stereocenters. The maximum atomic E-state index is 12.5. The van der Waals surface area contributed by atoms with Crippen LogP contribution in [0, 0.1) is 0 Å². The van der Waals surface area contributed by atoms with Gasteiger partial charge in [0.25, 0.3) is 0 Å². The number of H-pyrrole nitrogens is 1. The van der Waals surface area contributed by atoms with Gasteiger partial charge in [-0.1, -0.05) is 18.2 Å². The van der Waals surface area contributed by atoms with E-state index < -0.39 is 48.4 Å². The van der Waals surface area contributed by atoms with Crippen molar-refractivity contribution in [2.24, 2.45) is 5.73 Å². The van der Waals surface area contributed by atoms with Gasteiger partial charge in [0.1, 0.15) is 18.6 Å². The number of thiol groups is 2. The molecule has 1 aromatic heterocycles. The quantitative estimate of drug-likeness (QED) is 0.199. The molecule has 0 aliphatic heterocycles. The van der Waals surface area contributed by atoms with Crippen molar-refractivity contribution in [3.63, 3.8) is 0 Å². The van der Waals surface area contributed by atoms with Crippen LogP contribution in [0.4, 0.5) is 0 Å². The van der Waals surface area contributed by atoms with Gasteiger partial charge in [-0.3, -0.25) is 19.2 Å². The van der Waals surface area contributed by atoms with E-state index >= 15 is 0 Å². The van der Waals surface area contributed by atoms with E-state index in [9.17, 15) is 19.2 Å². The summed E-state index contributed by atoms with van der Waals surface area (Å²) in [5, 5.41) is 16.7. The number of aliphatic carboxylic acids is 1. The summed E-state index contributed by atoms with van der Waals surface area (Å²) in [5.74, 6) is -3.23. The third kappa shape index (κ3) is 6.91. The van der Waals surface area contributed by atoms with Crippen LogP contribution in [0.3, 0.4) is 0 Å². The van der Waals surface area contributed by atoms with Gasteiger partial charge in [-0.05, 0) is 18.1 Å². The maximum Gasteiger partial charge on any atom is 0.322 e. The van der Waals surface area contributed by atoms with Gasteiger partial charge in [0.15, 0.2) is 0 Å². The smallest absolute Gasteiger partial charge is 0.322 e. The number of nitrogens with two attached hydrogens (primary N) is 1. The van der Waals surface area contributed by atoms with Gasteiger partial charge < -0.3 is 31.8 Å². The number of carboxylic acid groups (broad SMARTS) is 1. The van der Waals surface area contributed by atoms with E-state index in [0.29, 0.717) is 0 Å². The first kappa shape index (κ1) is 24.6. The van der Waals surface area contributed by atoms with E-state index in [4.69, 9.17) is 10.8 Å². The van der Waals surface area contributed by atoms with Crippen molar-refractivity contribution in [3.05, 3.63) is 36.0 Å². The number of benzene rings is 1. The summed E-state index contributed by atoms with van der Waals surface area (Å²) in [7, 11) is 0. The average molecular weight is 468 g/mol. The molecule has 0 fully saturated rings. The molecule has 0 saturated heterocycles. The van der Waals surface area contributed by atoms with Gasteiger partial charge in [0.2, 0.25) is 17.7 Å². The zero-order valence-electron chi connectivity index (χ0n) is 16.5. The molecule has 0 radical (unpaired) electrons. The zero-order chi connectivity index (χ0) is 23.0. The topological polar surface area (TPSA) is 166 Å². The van der Waals surface area contributed by atoms with E-state index in [1.807, 2.05) is 24.3 Å². The Morgan fingerprint density at radius 2 is 1.61 bits per heavy atom. The zero-order valence-corrected chi connectivity index (χ0v) is 18.3. The Labute approximate surface area is 189 Å². The lowest BCUT2D eigenvalue weighted by Gasteiger charge is -2.22. The standard InChI is InChI=1S/C19H25N5O5S2/c20-12(5-10-6-21-13-4-2-1-3-11(10)13)17(27)23-15(9-31)19(29)24-14(8-30)18(28)22-7-16(25)26/h1-4,6,12,14-15,21,30-31H,5,7-9,20H2,(H,22,28)(H,23,27)(H,24,29)(H,25,26). The molecule has 2 rings (SSSR count). The van der Waals surface area contributed by atoms with E-state index in [2.05, 4.69) is 46.2 Å². The molecule has 3 unspecified atom stereocenters. The molecule has 0 aliphatic rings. The maximum absolute atomic E-state index is 12.5. The SMILES string of the molecule is NC(Cc1c[nH]c2ccccc12)C(=O)NC(CS)C(=O)NC(CS)C(=O)NCC(=O)O. The Bertz CT molecular complexity index is 951. The first-order valence-electron chi connectivity index (χ1n) is 9.39. The summed E-state index contributed by atoms with van der Waals surface area (Å²) in [5.41, 5.74) is 7.83. The Morgan fingerprint density at radius 1 is 1.00 bits per heavy atom. The molecule has 31 heavy (non-hydrogen) atoms. The molecule has 0 bridgehead atoms. The number of nitrogens with one attached hydrogen (secondary N) is 4. The molecule has 10 nitrogen and oxygen atoms in total. The van der Waals surface area contributed by atoms with Crippen molar-refractivity contribution < 1.29 is 24.3 Å². The fourth-order valence-electron chi connectivity index (χ4n) is 2.86. The van der Waals surface area contributed by atoms with Crippen LogP contribution < -0.4 is 21.7 Å². The number of hydrogen-bond acceptors (Lipinski definition) is 7. The number of amides is 3. The minimum absolute atomic E-state index is 0.0343. The fourth-order valence-corrected chi connectivity index (χ4v) is 3.37. The number of hydrogen-bond donors (Lipinski definition) is 8. The minimum Gasteiger partial charge on any atom is -0.480 e. The highest BCUT2D eigenvalue weighted by Gasteiger charge is 2.27. The number of fused-ring (bicyclic) bond motifs is 1. The molecule has 1 heterocycles. The highest BCUT2D eigenvalue weighted by Crippen LogP contribution is 2.18. The average Bonchev–Trinajstić information content (AvgIpc) is 3.16. The Kier molecular flexibility index (Phi) is 9.21. The van der Waals surface area contributed by atoms with Crippen LogP contribution in [0.2, 0.25) is 0 Å². The third-order valence-corrected chi connectivity index (χ3v) is 5.23. The normalized spacial score (nSPS) is 13.8. The van der Waals surface area contributed by atoms with Gasteiger partial charge in [-0.2, -0.15) is 25.3 Å². The van der Waals surface area contributed by atoms with Crippen LogP contribution in [0.25, 0.3) is 10.9 Å². The summed E-state index contributed by atoms with van der Waals surface area (Å²) < 4.78 is 0. The molecule has 0 saturated carbocycles. The van der Waals surface area contributed by atoms with Crippen LogP contribution in [-0.2, 0) is 25.6 Å². The van der Waals surface area contributed by atoms with Gasteiger partial charge >= 0.3 is 5.97 Å². The largest absolute Gasteiger partial charge is 0.480 e. The number of rotatable bonds is 11. The number of carboxylic acids is 1. The molecular formula is C19H25N5O5S2. The van der Waals surface area contributed by atoms with Crippen LogP contribution in [0.1, 0.15) is 5.56 Å². The predicted molar refractivity (Wildman–Crippen MR) is 122 cm³/mol. The highest BCUT2D eigenvalue weighted by molar-refractivity contribution is 7.80. The van der Waals surface area contributed by atoms with Gasteiger partial charge in [0.05, 0.1) is 6.04 Å². The molecule has 12 heteroatoms. The number of carbonyl (C=O) groups is 4. The number of aromatic nitrogens is 1. The molecule has 0 aliphatic carbocycles. The van der Waals surface area contributed by atoms with E-state index in [1.54, 1.807) is 6.20 Å². The van der Waals surface area contributed by atoms with Crippen molar-refractivity contribution in [1.29, 1.82) is 0 Å². The molecule has 2 aromatic rings. The summed E-state index contributed by atoms with van der Waals surface area (Å²) in [6, 6.07) is 4.59.